The summed E-state index contributed by atoms with van der Waals surface area (Å²) in [5.41, 5.74) is 3.10. The predicted molar refractivity (Wildman–Crippen MR) is 112 cm³/mol. The number of benzene rings is 2. The first-order chi connectivity index (χ1) is 13.2. The van der Waals surface area contributed by atoms with E-state index in [9.17, 15) is 0 Å². The lowest BCUT2D eigenvalue weighted by molar-refractivity contribution is -0.0842. The number of nitrogens with zero attached hydrogens (tertiary/aromatic N) is 1. The molecule has 0 amide bonds. The van der Waals surface area contributed by atoms with E-state index in [1.54, 1.807) is 33.1 Å². The summed E-state index contributed by atoms with van der Waals surface area (Å²) < 4.78 is 15.9. The Morgan fingerprint density at radius 1 is 0.963 bits per heavy atom. The molecule has 0 unspecified atom stereocenters. The number of fused-ring (bicyclic) bond motifs is 1. The Bertz CT molecular complexity index is 922. The summed E-state index contributed by atoms with van der Waals surface area (Å²) in [6, 6.07) is 18.3. The minimum atomic E-state index is -0.234. The molecule has 1 heterocycles. The minimum absolute atomic E-state index is 0.234. The Morgan fingerprint density at radius 3 is 2.52 bits per heavy atom. The topological polar surface area (TPSA) is 40.6 Å². The van der Waals surface area contributed by atoms with Crippen LogP contribution in [0.2, 0.25) is 0 Å². The van der Waals surface area contributed by atoms with E-state index >= 15 is 0 Å². The fraction of sp³-hybridized carbons (Fsp3) is 0.227. The first-order valence-electron chi connectivity index (χ1n) is 8.64. The molecule has 4 nitrogen and oxygen atoms in total. The highest BCUT2D eigenvalue weighted by Gasteiger charge is 2.07. The van der Waals surface area contributed by atoms with Gasteiger partial charge in [0.25, 0.3) is 0 Å². The molecule has 0 N–H and O–H groups in total. The average molecular weight is 381 g/mol. The molecule has 0 fully saturated rings. The van der Waals surface area contributed by atoms with E-state index in [2.05, 4.69) is 36.4 Å². The zero-order valence-electron chi connectivity index (χ0n) is 15.7. The minimum Gasteiger partial charge on any atom is -0.496 e. The van der Waals surface area contributed by atoms with Gasteiger partial charge < -0.3 is 14.2 Å². The van der Waals surface area contributed by atoms with Gasteiger partial charge in [-0.1, -0.05) is 48.6 Å². The van der Waals surface area contributed by atoms with Crippen LogP contribution in [0.4, 0.5) is 0 Å². The highest BCUT2D eigenvalue weighted by atomic mass is 32.2. The van der Waals surface area contributed by atoms with Crippen LogP contribution >= 0.6 is 11.8 Å². The molecular weight excluding hydrogens is 358 g/mol. The number of pyridine rings is 1. The molecule has 0 radical (unpaired) electrons. The van der Waals surface area contributed by atoms with E-state index < -0.39 is 0 Å². The second-order valence-corrected chi connectivity index (χ2v) is 6.93. The molecule has 0 aliphatic rings. The molecule has 0 atom stereocenters. The molecule has 1 aromatic heterocycles. The maximum Gasteiger partial charge on any atom is 0.166 e. The average Bonchev–Trinajstić information content (AvgIpc) is 2.72. The van der Waals surface area contributed by atoms with Crippen molar-refractivity contribution in [2.24, 2.45) is 0 Å². The first-order valence-corrected chi connectivity index (χ1v) is 9.62. The third-order valence-electron chi connectivity index (χ3n) is 4.18. The molecule has 5 heteroatoms. The summed E-state index contributed by atoms with van der Waals surface area (Å²) in [5, 5.41) is 2.07. The van der Waals surface area contributed by atoms with Crippen molar-refractivity contribution in [3.05, 3.63) is 65.7 Å². The van der Waals surface area contributed by atoms with E-state index in [1.807, 2.05) is 30.3 Å². The molecule has 0 aliphatic heterocycles. The summed E-state index contributed by atoms with van der Waals surface area (Å²) in [4.78, 5) is 4.76. The SMILES string of the molecule is COc1ccccc1/C=C/c1ccc2ccc(SCC(OC)OC)nc2c1. The maximum absolute atomic E-state index is 5.40. The van der Waals surface area contributed by atoms with Gasteiger partial charge in [-0.15, -0.1) is 11.8 Å². The van der Waals surface area contributed by atoms with Crippen molar-refractivity contribution >= 4 is 34.8 Å². The zero-order valence-corrected chi connectivity index (χ0v) is 16.5. The molecule has 0 saturated carbocycles. The van der Waals surface area contributed by atoms with Crippen molar-refractivity contribution in [1.29, 1.82) is 0 Å². The number of hydrogen-bond donors (Lipinski definition) is 0. The van der Waals surface area contributed by atoms with E-state index in [0.717, 1.165) is 32.8 Å². The van der Waals surface area contributed by atoms with Crippen LogP contribution in [0.1, 0.15) is 11.1 Å². The molecular formula is C22H23NO3S. The first kappa shape index (κ1) is 19.4. The molecule has 0 saturated heterocycles. The molecule has 0 aliphatic carbocycles. The van der Waals surface area contributed by atoms with Crippen LogP contribution in [0.5, 0.6) is 5.75 Å². The lowest BCUT2D eigenvalue weighted by atomic mass is 10.1. The third kappa shape index (κ3) is 5.10. The van der Waals surface area contributed by atoms with Crippen LogP contribution < -0.4 is 4.74 Å². The summed E-state index contributed by atoms with van der Waals surface area (Å²) in [6.45, 7) is 0. The van der Waals surface area contributed by atoms with Crippen molar-refractivity contribution in [3.8, 4) is 5.75 Å². The molecule has 27 heavy (non-hydrogen) atoms. The van der Waals surface area contributed by atoms with Gasteiger partial charge in [0.05, 0.1) is 23.4 Å². The van der Waals surface area contributed by atoms with Crippen LogP contribution in [-0.4, -0.2) is 38.4 Å². The maximum atomic E-state index is 5.40. The Morgan fingerprint density at radius 2 is 1.74 bits per heavy atom. The van der Waals surface area contributed by atoms with Crippen LogP contribution in [0, 0.1) is 0 Å². The smallest absolute Gasteiger partial charge is 0.166 e. The number of hydrogen-bond acceptors (Lipinski definition) is 5. The number of ether oxygens (including phenoxy) is 3. The summed E-state index contributed by atoms with van der Waals surface area (Å²) in [5.74, 6) is 1.55. The highest BCUT2D eigenvalue weighted by Crippen LogP contribution is 2.24. The van der Waals surface area contributed by atoms with Gasteiger partial charge >= 0.3 is 0 Å². The van der Waals surface area contributed by atoms with Crippen LogP contribution in [0.3, 0.4) is 0 Å². The van der Waals surface area contributed by atoms with E-state index in [4.69, 9.17) is 19.2 Å². The largest absolute Gasteiger partial charge is 0.496 e. The zero-order chi connectivity index (χ0) is 19.1. The van der Waals surface area contributed by atoms with Gasteiger partial charge in [0.15, 0.2) is 6.29 Å². The molecule has 3 aromatic rings. The summed E-state index contributed by atoms with van der Waals surface area (Å²) in [7, 11) is 4.97. The lowest BCUT2D eigenvalue weighted by Crippen LogP contribution is -2.15. The Labute approximate surface area is 164 Å². The second-order valence-electron chi connectivity index (χ2n) is 5.89. The number of rotatable bonds is 8. The second kappa shape index (κ2) is 9.55. The van der Waals surface area contributed by atoms with Gasteiger partial charge in [0.2, 0.25) is 0 Å². The van der Waals surface area contributed by atoms with Crippen LogP contribution in [-0.2, 0) is 9.47 Å². The van der Waals surface area contributed by atoms with Gasteiger partial charge in [-0.05, 0) is 23.8 Å². The Hall–Kier alpha value is -2.34. The van der Waals surface area contributed by atoms with E-state index in [1.165, 1.54) is 0 Å². The lowest BCUT2D eigenvalue weighted by Gasteiger charge is -2.12. The molecule has 2 aromatic carbocycles. The van der Waals surface area contributed by atoms with Crippen molar-refractivity contribution < 1.29 is 14.2 Å². The van der Waals surface area contributed by atoms with Crippen molar-refractivity contribution in [3.63, 3.8) is 0 Å². The number of thioether (sulfide) groups is 1. The van der Waals surface area contributed by atoms with Gasteiger partial charge in [-0.2, -0.15) is 0 Å². The Balaban J connectivity index is 1.80. The number of para-hydroxylation sites is 1. The van der Waals surface area contributed by atoms with Crippen molar-refractivity contribution in [1.82, 2.24) is 4.98 Å². The van der Waals surface area contributed by atoms with Gasteiger partial charge in [0.1, 0.15) is 5.75 Å². The van der Waals surface area contributed by atoms with Crippen LogP contribution in [0.15, 0.2) is 59.6 Å². The molecule has 140 valence electrons. The fourth-order valence-electron chi connectivity index (χ4n) is 2.68. The van der Waals surface area contributed by atoms with Crippen LogP contribution in [0.25, 0.3) is 23.1 Å². The molecule has 3 rings (SSSR count). The molecule has 0 bridgehead atoms. The fourth-order valence-corrected chi connectivity index (χ4v) is 3.58. The van der Waals surface area contributed by atoms with Gasteiger partial charge in [-0.3, -0.25) is 0 Å². The van der Waals surface area contributed by atoms with E-state index in [-0.39, 0.29) is 6.29 Å². The predicted octanol–water partition coefficient (Wildman–Crippen LogP) is 5.12. The number of methoxy groups -OCH3 is 3. The van der Waals surface area contributed by atoms with Crippen molar-refractivity contribution in [2.75, 3.05) is 27.1 Å². The highest BCUT2D eigenvalue weighted by molar-refractivity contribution is 7.99. The standard InChI is InChI=1S/C22H23NO3S/c1-24-20-7-5-4-6-18(20)11-9-16-8-10-17-12-13-21(23-19(17)14-16)27-15-22(25-2)26-3/h4-14,22H,15H2,1-3H3/b11-9+. The Kier molecular flexibility index (Phi) is 6.87. The van der Waals surface area contributed by atoms with Crippen molar-refractivity contribution in [2.45, 2.75) is 11.3 Å². The molecule has 0 spiro atoms. The summed E-state index contributed by atoms with van der Waals surface area (Å²) >= 11 is 1.62. The normalized spacial score (nSPS) is 11.6. The quantitative estimate of drug-likeness (QED) is 0.307. The number of aromatic nitrogens is 1. The summed E-state index contributed by atoms with van der Waals surface area (Å²) in [6.07, 6.45) is 3.90. The monoisotopic (exact) mass is 381 g/mol. The van der Waals surface area contributed by atoms with E-state index in [0.29, 0.717) is 5.75 Å². The third-order valence-corrected chi connectivity index (χ3v) is 5.14. The van der Waals surface area contributed by atoms with Gasteiger partial charge in [0, 0.05) is 25.2 Å². The van der Waals surface area contributed by atoms with Gasteiger partial charge in [-0.25, -0.2) is 4.98 Å².